The average Bonchev–Trinajstić information content (AvgIpc) is 2.96. The largest absolute Gasteiger partial charge is 0.345 e. The maximum Gasteiger partial charge on any atom is 0.228 e. The SMILES string of the molecule is CSc1ccc2nc(N3CCN(C(=O)C(C)(C)C)CC3)sc2c1. The summed E-state index contributed by atoms with van der Waals surface area (Å²) in [5.74, 6) is 0.242. The van der Waals surface area contributed by atoms with Gasteiger partial charge in [-0.15, -0.1) is 11.8 Å². The van der Waals surface area contributed by atoms with Crippen molar-refractivity contribution in [3.8, 4) is 0 Å². The predicted octanol–water partition coefficient (Wildman–Crippen LogP) is 3.71. The fourth-order valence-electron chi connectivity index (χ4n) is 2.73. The van der Waals surface area contributed by atoms with E-state index in [0.717, 1.165) is 36.8 Å². The zero-order valence-corrected chi connectivity index (χ0v) is 15.8. The number of amides is 1. The van der Waals surface area contributed by atoms with Crippen LogP contribution in [-0.2, 0) is 4.79 Å². The van der Waals surface area contributed by atoms with Crippen molar-refractivity contribution in [2.75, 3.05) is 37.3 Å². The molecule has 1 saturated heterocycles. The van der Waals surface area contributed by atoms with Gasteiger partial charge in [-0.2, -0.15) is 0 Å². The number of anilines is 1. The number of thiazole rings is 1. The third-order valence-corrected chi connectivity index (χ3v) is 5.87. The molecule has 0 N–H and O–H groups in total. The van der Waals surface area contributed by atoms with Gasteiger partial charge in [-0.25, -0.2) is 4.98 Å². The Bertz CT molecular complexity index is 712. The standard InChI is InChI=1S/C17H23N3OS2/c1-17(2,3)15(21)19-7-9-20(10-8-19)16-18-13-6-5-12(22-4)11-14(13)23-16/h5-6,11H,7-10H2,1-4H3. The summed E-state index contributed by atoms with van der Waals surface area (Å²) in [6.45, 7) is 9.23. The van der Waals surface area contributed by atoms with E-state index in [4.69, 9.17) is 4.98 Å². The Kier molecular flexibility index (Phi) is 4.56. The molecule has 2 aromatic rings. The van der Waals surface area contributed by atoms with E-state index in [1.165, 1.54) is 9.60 Å². The highest BCUT2D eigenvalue weighted by Crippen LogP contribution is 2.32. The van der Waals surface area contributed by atoms with Crippen LogP contribution in [0.5, 0.6) is 0 Å². The topological polar surface area (TPSA) is 36.4 Å². The van der Waals surface area contributed by atoms with Gasteiger partial charge >= 0.3 is 0 Å². The summed E-state index contributed by atoms with van der Waals surface area (Å²) < 4.78 is 1.24. The van der Waals surface area contributed by atoms with E-state index in [1.807, 2.05) is 25.7 Å². The summed E-state index contributed by atoms with van der Waals surface area (Å²) in [6.07, 6.45) is 2.09. The van der Waals surface area contributed by atoms with E-state index in [0.29, 0.717) is 0 Å². The number of rotatable bonds is 2. The van der Waals surface area contributed by atoms with E-state index in [1.54, 1.807) is 23.1 Å². The van der Waals surface area contributed by atoms with E-state index in [9.17, 15) is 4.79 Å². The fraction of sp³-hybridized carbons (Fsp3) is 0.529. The monoisotopic (exact) mass is 349 g/mol. The van der Waals surface area contributed by atoms with Crippen molar-refractivity contribution in [1.82, 2.24) is 9.88 Å². The molecule has 0 radical (unpaired) electrons. The molecule has 124 valence electrons. The molecule has 1 aliphatic rings. The second-order valence-electron chi connectivity index (χ2n) is 6.86. The van der Waals surface area contributed by atoms with Gasteiger partial charge in [-0.1, -0.05) is 32.1 Å². The Morgan fingerprint density at radius 3 is 2.52 bits per heavy atom. The molecule has 1 fully saturated rings. The molecule has 0 unspecified atom stereocenters. The van der Waals surface area contributed by atoms with Gasteiger partial charge in [-0.05, 0) is 24.5 Å². The Morgan fingerprint density at radius 2 is 1.91 bits per heavy atom. The molecule has 6 heteroatoms. The Morgan fingerprint density at radius 1 is 1.22 bits per heavy atom. The number of benzene rings is 1. The van der Waals surface area contributed by atoms with Crippen LogP contribution in [0.25, 0.3) is 10.2 Å². The number of nitrogens with zero attached hydrogens (tertiary/aromatic N) is 3. The Hall–Kier alpha value is -1.27. The van der Waals surface area contributed by atoms with Crippen LogP contribution in [-0.4, -0.2) is 48.2 Å². The van der Waals surface area contributed by atoms with Crippen molar-refractivity contribution in [3.05, 3.63) is 18.2 Å². The lowest BCUT2D eigenvalue weighted by Crippen LogP contribution is -2.51. The first-order valence-corrected chi connectivity index (χ1v) is 9.91. The van der Waals surface area contributed by atoms with Crippen LogP contribution in [0.4, 0.5) is 5.13 Å². The maximum atomic E-state index is 12.4. The van der Waals surface area contributed by atoms with Gasteiger partial charge in [0.15, 0.2) is 5.13 Å². The van der Waals surface area contributed by atoms with Crippen LogP contribution in [0.1, 0.15) is 20.8 Å². The van der Waals surface area contributed by atoms with Crippen LogP contribution < -0.4 is 4.90 Å². The van der Waals surface area contributed by atoms with Gasteiger partial charge in [0, 0.05) is 36.5 Å². The number of hydrogen-bond acceptors (Lipinski definition) is 5. The molecule has 0 atom stereocenters. The molecule has 1 amide bonds. The van der Waals surface area contributed by atoms with Crippen molar-refractivity contribution in [1.29, 1.82) is 0 Å². The summed E-state index contributed by atoms with van der Waals surface area (Å²) in [7, 11) is 0. The smallest absolute Gasteiger partial charge is 0.228 e. The second-order valence-corrected chi connectivity index (χ2v) is 8.75. The lowest BCUT2D eigenvalue weighted by molar-refractivity contribution is -0.139. The van der Waals surface area contributed by atoms with Gasteiger partial charge in [0.25, 0.3) is 0 Å². The Balaban J connectivity index is 1.71. The summed E-state index contributed by atoms with van der Waals surface area (Å²) in [4.78, 5) is 22.7. The van der Waals surface area contributed by atoms with E-state index < -0.39 is 0 Å². The molecule has 0 aliphatic carbocycles. The van der Waals surface area contributed by atoms with Crippen LogP contribution in [0, 0.1) is 5.41 Å². The van der Waals surface area contributed by atoms with E-state index >= 15 is 0 Å². The molecule has 23 heavy (non-hydrogen) atoms. The Labute approximate surface area is 145 Å². The molecule has 0 bridgehead atoms. The maximum absolute atomic E-state index is 12.4. The minimum atomic E-state index is -0.299. The van der Waals surface area contributed by atoms with E-state index in [-0.39, 0.29) is 11.3 Å². The van der Waals surface area contributed by atoms with Crippen LogP contribution in [0.3, 0.4) is 0 Å². The molecule has 1 aliphatic heterocycles. The summed E-state index contributed by atoms with van der Waals surface area (Å²) in [6, 6.07) is 6.43. The minimum absolute atomic E-state index is 0.242. The summed E-state index contributed by atoms with van der Waals surface area (Å²) in [5, 5.41) is 1.07. The third kappa shape index (κ3) is 3.48. The number of piperazine rings is 1. The predicted molar refractivity (Wildman–Crippen MR) is 99.6 cm³/mol. The van der Waals surface area contributed by atoms with Gasteiger partial charge in [0.1, 0.15) is 0 Å². The molecular weight excluding hydrogens is 326 g/mol. The number of fused-ring (bicyclic) bond motifs is 1. The lowest BCUT2D eigenvalue weighted by Gasteiger charge is -2.37. The van der Waals surface area contributed by atoms with Crippen LogP contribution in [0.15, 0.2) is 23.1 Å². The van der Waals surface area contributed by atoms with Crippen molar-refractivity contribution in [3.63, 3.8) is 0 Å². The first kappa shape index (κ1) is 16.6. The van der Waals surface area contributed by atoms with Crippen LogP contribution >= 0.6 is 23.1 Å². The lowest BCUT2D eigenvalue weighted by atomic mass is 9.94. The van der Waals surface area contributed by atoms with Crippen molar-refractivity contribution in [2.24, 2.45) is 5.41 Å². The molecule has 0 saturated carbocycles. The number of hydrogen-bond donors (Lipinski definition) is 0. The average molecular weight is 350 g/mol. The summed E-state index contributed by atoms with van der Waals surface area (Å²) >= 11 is 3.50. The second kappa shape index (κ2) is 6.32. The van der Waals surface area contributed by atoms with Gasteiger partial charge in [-0.3, -0.25) is 4.79 Å². The molecule has 3 rings (SSSR count). The van der Waals surface area contributed by atoms with Crippen molar-refractivity contribution in [2.45, 2.75) is 25.7 Å². The molecular formula is C17H23N3OS2. The molecule has 4 nitrogen and oxygen atoms in total. The van der Waals surface area contributed by atoms with Gasteiger partial charge in [0.05, 0.1) is 10.2 Å². The molecule has 1 aromatic carbocycles. The third-order valence-electron chi connectivity index (χ3n) is 4.06. The molecule has 0 spiro atoms. The first-order chi connectivity index (χ1) is 10.9. The highest BCUT2D eigenvalue weighted by atomic mass is 32.2. The fourth-order valence-corrected chi connectivity index (χ4v) is 4.30. The van der Waals surface area contributed by atoms with Crippen LogP contribution in [0.2, 0.25) is 0 Å². The quantitative estimate of drug-likeness (QED) is 0.775. The molecule has 2 heterocycles. The number of carbonyl (C=O) groups is 1. The van der Waals surface area contributed by atoms with Crippen molar-refractivity contribution >= 4 is 44.4 Å². The number of carbonyl (C=O) groups excluding carboxylic acids is 1. The first-order valence-electron chi connectivity index (χ1n) is 7.87. The number of thioether (sulfide) groups is 1. The summed E-state index contributed by atoms with van der Waals surface area (Å²) in [5.41, 5.74) is 0.766. The zero-order valence-electron chi connectivity index (χ0n) is 14.1. The minimum Gasteiger partial charge on any atom is -0.345 e. The highest BCUT2D eigenvalue weighted by molar-refractivity contribution is 7.98. The van der Waals surface area contributed by atoms with Gasteiger partial charge < -0.3 is 9.80 Å². The zero-order chi connectivity index (χ0) is 16.6. The van der Waals surface area contributed by atoms with Gasteiger partial charge in [0.2, 0.25) is 5.91 Å². The normalized spacial score (nSPS) is 16.2. The van der Waals surface area contributed by atoms with Crippen molar-refractivity contribution < 1.29 is 4.79 Å². The molecule has 1 aromatic heterocycles. The number of aromatic nitrogens is 1. The van der Waals surface area contributed by atoms with E-state index in [2.05, 4.69) is 29.4 Å². The highest BCUT2D eigenvalue weighted by Gasteiger charge is 2.30.